The van der Waals surface area contributed by atoms with Gasteiger partial charge >= 0.3 is 0 Å². The Bertz CT molecular complexity index is 1220. The van der Waals surface area contributed by atoms with Crippen LogP contribution in [-0.2, 0) is 0 Å². The predicted octanol–water partition coefficient (Wildman–Crippen LogP) is 2.19. The van der Waals surface area contributed by atoms with Crippen molar-refractivity contribution in [3.05, 3.63) is 63.1 Å². The molecule has 0 saturated carbocycles. The molecular formula is C19H17Cl2FN8. The van der Waals surface area contributed by atoms with Gasteiger partial charge in [-0.15, -0.1) is 0 Å². The minimum Gasteiger partial charge on any atom is -0.382 e. The Kier molecular flexibility index (Phi) is 5.31. The highest BCUT2D eigenvalue weighted by molar-refractivity contribution is 6.35. The quantitative estimate of drug-likeness (QED) is 0.561. The second-order valence-electron chi connectivity index (χ2n) is 6.64. The lowest BCUT2D eigenvalue weighted by Crippen LogP contribution is -2.50. The number of benzene rings is 1. The number of fused-ring (bicyclic) bond motifs is 1. The summed E-state index contributed by atoms with van der Waals surface area (Å²) in [6, 6.07) is 6.04. The van der Waals surface area contributed by atoms with Crippen LogP contribution in [0.1, 0.15) is 6.92 Å². The van der Waals surface area contributed by atoms with Crippen molar-refractivity contribution < 1.29 is 4.39 Å². The fourth-order valence-electron chi connectivity index (χ4n) is 3.18. The van der Waals surface area contributed by atoms with Crippen LogP contribution >= 0.6 is 23.2 Å². The van der Waals surface area contributed by atoms with E-state index in [1.807, 2.05) is 17.9 Å². The molecule has 2 atom stereocenters. The van der Waals surface area contributed by atoms with E-state index in [0.29, 0.717) is 10.2 Å². The van der Waals surface area contributed by atoms with Gasteiger partial charge in [0.1, 0.15) is 28.2 Å². The third kappa shape index (κ3) is 3.69. The summed E-state index contributed by atoms with van der Waals surface area (Å²) in [5, 5.41) is 4.34. The molecule has 1 aliphatic rings. The van der Waals surface area contributed by atoms with Crippen LogP contribution in [0, 0.1) is 5.82 Å². The van der Waals surface area contributed by atoms with Gasteiger partial charge in [-0.25, -0.2) is 4.39 Å². The number of nitrogens with two attached hydrogens (primary N) is 2. The molecule has 0 amide bonds. The molecule has 1 aromatic carbocycles. The van der Waals surface area contributed by atoms with Crippen LogP contribution in [0.4, 0.5) is 27.7 Å². The molecule has 8 nitrogen and oxygen atoms in total. The first kappa shape index (κ1) is 20.1. The third-order valence-corrected chi connectivity index (χ3v) is 5.28. The van der Waals surface area contributed by atoms with E-state index in [-0.39, 0.29) is 28.0 Å². The molecule has 11 heteroatoms. The van der Waals surface area contributed by atoms with Gasteiger partial charge in [0.25, 0.3) is 0 Å². The van der Waals surface area contributed by atoms with Crippen molar-refractivity contribution in [2.45, 2.75) is 19.1 Å². The van der Waals surface area contributed by atoms with Crippen molar-refractivity contribution in [1.82, 2.24) is 15.0 Å². The molecule has 4 rings (SSSR count). The summed E-state index contributed by atoms with van der Waals surface area (Å²) in [6.45, 7) is 1.85. The van der Waals surface area contributed by atoms with Gasteiger partial charge in [-0.2, -0.15) is 9.97 Å². The maximum absolute atomic E-state index is 14.5. The average Bonchev–Trinajstić information content (AvgIpc) is 2.74. The van der Waals surface area contributed by atoms with Crippen molar-refractivity contribution in [2.75, 3.05) is 21.7 Å². The number of halogens is 3. The molecule has 0 radical (unpaired) electrons. The van der Waals surface area contributed by atoms with Crippen molar-refractivity contribution in [1.29, 1.82) is 0 Å². The summed E-state index contributed by atoms with van der Waals surface area (Å²) in [5.74, 6) is -0.181. The number of aromatic nitrogens is 3. The van der Waals surface area contributed by atoms with E-state index in [1.54, 1.807) is 24.7 Å². The fourth-order valence-corrected chi connectivity index (χ4v) is 3.52. The number of rotatable bonds is 4. The molecular weight excluding hydrogens is 430 g/mol. The molecule has 0 aliphatic carbocycles. The number of hydrogen-bond donors (Lipinski definition) is 3. The molecule has 3 heterocycles. The summed E-state index contributed by atoms with van der Waals surface area (Å²) < 4.78 is 14.5. The highest BCUT2D eigenvalue weighted by Gasteiger charge is 2.28. The first-order chi connectivity index (χ1) is 14.3. The van der Waals surface area contributed by atoms with Crippen molar-refractivity contribution >= 4 is 52.7 Å². The summed E-state index contributed by atoms with van der Waals surface area (Å²) in [4.78, 5) is 18.6. The van der Waals surface area contributed by atoms with E-state index >= 15 is 0 Å². The Hall–Kier alpha value is -3.17. The van der Waals surface area contributed by atoms with Crippen LogP contribution in [0.2, 0.25) is 10.0 Å². The van der Waals surface area contributed by atoms with Crippen LogP contribution < -0.4 is 32.3 Å². The zero-order chi connectivity index (χ0) is 21.4. The Morgan fingerprint density at radius 1 is 1.20 bits per heavy atom. The lowest BCUT2D eigenvalue weighted by molar-refractivity contribution is 0.555. The maximum Gasteiger partial charge on any atom is 0.224 e. The van der Waals surface area contributed by atoms with E-state index in [9.17, 15) is 4.39 Å². The van der Waals surface area contributed by atoms with Crippen molar-refractivity contribution in [2.24, 2.45) is 4.99 Å². The third-order valence-electron chi connectivity index (χ3n) is 4.58. The summed E-state index contributed by atoms with van der Waals surface area (Å²) >= 11 is 12.5. The first-order valence-corrected chi connectivity index (χ1v) is 9.68. The van der Waals surface area contributed by atoms with E-state index in [4.69, 9.17) is 34.7 Å². The highest BCUT2D eigenvalue weighted by atomic mass is 35.5. The number of nitrogens with zero attached hydrogens (tertiary/aromatic N) is 5. The lowest BCUT2D eigenvalue weighted by Gasteiger charge is -2.34. The summed E-state index contributed by atoms with van der Waals surface area (Å²) in [5.41, 5.74) is 12.2. The van der Waals surface area contributed by atoms with E-state index in [1.165, 1.54) is 12.1 Å². The second kappa shape index (κ2) is 7.92. The van der Waals surface area contributed by atoms with Gasteiger partial charge in [0.05, 0.1) is 22.9 Å². The maximum atomic E-state index is 14.5. The minimum absolute atomic E-state index is 0.0222. The molecule has 3 aromatic rings. The minimum atomic E-state index is -0.580. The largest absolute Gasteiger partial charge is 0.382 e. The lowest BCUT2D eigenvalue weighted by atomic mass is 10.1. The molecule has 2 aromatic heterocycles. The van der Waals surface area contributed by atoms with Gasteiger partial charge in [0, 0.05) is 17.6 Å². The van der Waals surface area contributed by atoms with Crippen LogP contribution in [0.25, 0.3) is 6.20 Å². The molecule has 0 fully saturated rings. The van der Waals surface area contributed by atoms with Gasteiger partial charge in [0.2, 0.25) is 5.95 Å². The zero-order valence-electron chi connectivity index (χ0n) is 15.7. The average molecular weight is 447 g/mol. The predicted molar refractivity (Wildman–Crippen MR) is 116 cm³/mol. The zero-order valence-corrected chi connectivity index (χ0v) is 17.2. The monoisotopic (exact) mass is 446 g/mol. The molecule has 30 heavy (non-hydrogen) atoms. The van der Waals surface area contributed by atoms with Gasteiger partial charge in [-0.05, 0) is 31.2 Å². The van der Waals surface area contributed by atoms with Gasteiger partial charge in [-0.3, -0.25) is 9.98 Å². The normalized spacial score (nSPS) is 16.3. The SMILES string of the molecule is CC(Nc1nc(N)nc(N)c1Cl)[C@@H]1N=c2c(F)ccc(Cl)c2=CN1c1cccnc1. The van der Waals surface area contributed by atoms with Crippen LogP contribution in [-0.4, -0.2) is 27.2 Å². The van der Waals surface area contributed by atoms with Crippen molar-refractivity contribution in [3.63, 3.8) is 0 Å². The van der Waals surface area contributed by atoms with E-state index < -0.39 is 18.0 Å². The Balaban J connectivity index is 1.81. The van der Waals surface area contributed by atoms with Gasteiger partial charge in [-0.1, -0.05) is 23.2 Å². The topological polar surface area (TPSA) is 118 Å². The highest BCUT2D eigenvalue weighted by Crippen LogP contribution is 2.28. The molecule has 5 N–H and O–H groups in total. The standard InChI is InChI=1S/C19H17Cl2FN8/c1-9(26-17-14(21)16(23)28-19(24)29-17)18-27-15-11(12(20)4-5-13(15)22)8-30(18)10-3-2-6-25-7-10/h2-9,18H,1H3,(H5,23,24,26,28,29)/t9?,18-/m1/s1. The molecule has 0 spiro atoms. The number of hydrogen-bond acceptors (Lipinski definition) is 8. The summed E-state index contributed by atoms with van der Waals surface area (Å²) in [7, 11) is 0. The number of pyridine rings is 1. The Labute approximate surface area is 181 Å². The van der Waals surface area contributed by atoms with Crippen LogP contribution in [0.5, 0.6) is 0 Å². The number of nitrogen functional groups attached to an aromatic ring is 2. The van der Waals surface area contributed by atoms with E-state index in [2.05, 4.69) is 25.3 Å². The molecule has 0 bridgehead atoms. The van der Waals surface area contributed by atoms with Gasteiger partial charge in [0.15, 0.2) is 5.82 Å². The van der Waals surface area contributed by atoms with Gasteiger partial charge < -0.3 is 21.7 Å². The molecule has 154 valence electrons. The smallest absolute Gasteiger partial charge is 0.224 e. The number of anilines is 4. The molecule has 0 saturated heterocycles. The second-order valence-corrected chi connectivity index (χ2v) is 7.43. The number of nitrogens with one attached hydrogen (secondary N) is 1. The fraction of sp³-hybridized carbons (Fsp3) is 0.158. The summed E-state index contributed by atoms with van der Waals surface area (Å²) in [6.07, 6.45) is 4.51. The van der Waals surface area contributed by atoms with Crippen molar-refractivity contribution in [3.8, 4) is 0 Å². The Morgan fingerprint density at radius 2 is 2.00 bits per heavy atom. The Morgan fingerprint density at radius 3 is 2.73 bits per heavy atom. The first-order valence-electron chi connectivity index (χ1n) is 8.92. The molecule has 1 aliphatic heterocycles. The molecule has 1 unspecified atom stereocenters. The van der Waals surface area contributed by atoms with Crippen LogP contribution in [0.3, 0.4) is 0 Å². The van der Waals surface area contributed by atoms with E-state index in [0.717, 1.165) is 5.69 Å². The van der Waals surface area contributed by atoms with Crippen LogP contribution in [0.15, 0.2) is 41.7 Å².